The van der Waals surface area contributed by atoms with Gasteiger partial charge in [0.05, 0.1) is 0 Å². The van der Waals surface area contributed by atoms with Gasteiger partial charge >= 0.3 is 0 Å². The maximum atomic E-state index is 11.3. The summed E-state index contributed by atoms with van der Waals surface area (Å²) in [5.41, 5.74) is 0. The van der Waals surface area contributed by atoms with Crippen LogP contribution >= 0.6 is 0 Å². The van der Waals surface area contributed by atoms with Crippen molar-refractivity contribution >= 4 is 5.91 Å². The Kier molecular flexibility index (Phi) is 3.06. The van der Waals surface area contributed by atoms with E-state index in [9.17, 15) is 4.79 Å². The molecule has 1 saturated heterocycles. The summed E-state index contributed by atoms with van der Waals surface area (Å²) in [6, 6.07) is 0.573. The molecule has 1 amide bonds. The standard InChI is InChI=1S/C11H20N2O/c1-12-8-9-2-4-10(5-3-9)13-7-6-11(13)14/h9-10,12H,2-8H2,1H3. The molecule has 2 rings (SSSR count). The van der Waals surface area contributed by atoms with Crippen LogP contribution in [0.25, 0.3) is 0 Å². The zero-order valence-corrected chi connectivity index (χ0v) is 8.96. The summed E-state index contributed by atoms with van der Waals surface area (Å²) in [5, 5.41) is 3.24. The average Bonchev–Trinajstić information content (AvgIpc) is 2.19. The second-order valence-electron chi connectivity index (χ2n) is 4.57. The summed E-state index contributed by atoms with van der Waals surface area (Å²) < 4.78 is 0. The van der Waals surface area contributed by atoms with Crippen LogP contribution in [-0.2, 0) is 4.79 Å². The van der Waals surface area contributed by atoms with Gasteiger partial charge in [-0.3, -0.25) is 4.79 Å². The molecule has 0 spiro atoms. The van der Waals surface area contributed by atoms with Crippen LogP contribution in [0.2, 0.25) is 0 Å². The number of nitrogens with one attached hydrogen (secondary N) is 1. The van der Waals surface area contributed by atoms with Crippen molar-refractivity contribution in [2.24, 2.45) is 5.92 Å². The third-order valence-electron chi connectivity index (χ3n) is 3.64. The van der Waals surface area contributed by atoms with Crippen molar-refractivity contribution in [2.75, 3.05) is 20.1 Å². The number of carbonyl (C=O) groups is 1. The highest BCUT2D eigenvalue weighted by Crippen LogP contribution is 2.29. The first-order valence-electron chi connectivity index (χ1n) is 5.75. The van der Waals surface area contributed by atoms with Gasteiger partial charge < -0.3 is 10.2 Å². The Morgan fingerprint density at radius 2 is 2.07 bits per heavy atom. The Hall–Kier alpha value is -0.570. The fourth-order valence-corrected chi connectivity index (χ4v) is 2.67. The minimum atomic E-state index is 0.377. The van der Waals surface area contributed by atoms with Crippen molar-refractivity contribution in [3.05, 3.63) is 0 Å². The lowest BCUT2D eigenvalue weighted by Gasteiger charge is -2.41. The van der Waals surface area contributed by atoms with Crippen molar-refractivity contribution in [1.29, 1.82) is 0 Å². The molecule has 1 saturated carbocycles. The molecule has 1 aliphatic heterocycles. The van der Waals surface area contributed by atoms with Gasteiger partial charge in [-0.2, -0.15) is 0 Å². The lowest BCUT2D eigenvalue weighted by atomic mass is 9.84. The van der Waals surface area contributed by atoms with Crippen molar-refractivity contribution in [2.45, 2.75) is 38.1 Å². The SMILES string of the molecule is CNCC1CCC(N2CCC2=O)CC1. The summed E-state index contributed by atoms with van der Waals surface area (Å²) in [6.45, 7) is 2.15. The number of amides is 1. The lowest BCUT2D eigenvalue weighted by Crippen LogP contribution is -2.51. The molecule has 0 aromatic rings. The summed E-state index contributed by atoms with van der Waals surface area (Å²) in [7, 11) is 2.02. The molecule has 0 aromatic carbocycles. The number of nitrogens with zero attached hydrogens (tertiary/aromatic N) is 1. The topological polar surface area (TPSA) is 32.3 Å². The molecule has 2 aliphatic rings. The number of hydrogen-bond donors (Lipinski definition) is 1. The number of carbonyl (C=O) groups excluding carboxylic acids is 1. The maximum absolute atomic E-state index is 11.3. The molecule has 80 valence electrons. The quantitative estimate of drug-likeness (QED) is 0.683. The van der Waals surface area contributed by atoms with E-state index >= 15 is 0 Å². The zero-order chi connectivity index (χ0) is 9.97. The third-order valence-corrected chi connectivity index (χ3v) is 3.64. The monoisotopic (exact) mass is 196 g/mol. The molecule has 0 bridgehead atoms. The number of hydrogen-bond acceptors (Lipinski definition) is 2. The molecule has 14 heavy (non-hydrogen) atoms. The molecule has 0 unspecified atom stereocenters. The Balaban J connectivity index is 1.75. The predicted molar refractivity (Wildman–Crippen MR) is 56.0 cm³/mol. The van der Waals surface area contributed by atoms with Crippen LogP contribution in [-0.4, -0.2) is 37.0 Å². The van der Waals surface area contributed by atoms with Crippen LogP contribution in [0.15, 0.2) is 0 Å². The smallest absolute Gasteiger partial charge is 0.224 e. The highest BCUT2D eigenvalue weighted by atomic mass is 16.2. The number of likely N-dealkylation sites (tertiary alicyclic amines) is 1. The minimum absolute atomic E-state index is 0.377. The number of β-lactam (4-membered cyclic amide) rings is 1. The first kappa shape index (κ1) is 9.97. The summed E-state index contributed by atoms with van der Waals surface area (Å²) >= 11 is 0. The first-order valence-corrected chi connectivity index (χ1v) is 5.75. The molecule has 0 radical (unpaired) electrons. The van der Waals surface area contributed by atoms with Gasteiger partial charge in [-0.25, -0.2) is 0 Å². The fraction of sp³-hybridized carbons (Fsp3) is 0.909. The van der Waals surface area contributed by atoms with E-state index in [1.165, 1.54) is 25.7 Å². The van der Waals surface area contributed by atoms with Crippen LogP contribution in [0.3, 0.4) is 0 Å². The zero-order valence-electron chi connectivity index (χ0n) is 8.96. The molecule has 1 aliphatic carbocycles. The van der Waals surface area contributed by atoms with E-state index in [0.717, 1.165) is 25.4 Å². The number of rotatable bonds is 3. The van der Waals surface area contributed by atoms with Crippen LogP contribution in [0.4, 0.5) is 0 Å². The normalized spacial score (nSPS) is 32.9. The molecule has 3 heteroatoms. The van der Waals surface area contributed by atoms with Crippen molar-refractivity contribution in [1.82, 2.24) is 10.2 Å². The van der Waals surface area contributed by atoms with E-state index in [-0.39, 0.29) is 0 Å². The van der Waals surface area contributed by atoms with Gasteiger partial charge in [0.2, 0.25) is 5.91 Å². The van der Waals surface area contributed by atoms with Gasteiger partial charge in [0.15, 0.2) is 0 Å². The summed E-state index contributed by atoms with van der Waals surface area (Å²) in [4.78, 5) is 13.3. The van der Waals surface area contributed by atoms with E-state index in [1.807, 2.05) is 7.05 Å². The van der Waals surface area contributed by atoms with Gasteiger partial charge in [0.1, 0.15) is 0 Å². The van der Waals surface area contributed by atoms with Crippen LogP contribution < -0.4 is 5.32 Å². The highest BCUT2D eigenvalue weighted by molar-refractivity contribution is 5.82. The van der Waals surface area contributed by atoms with E-state index in [2.05, 4.69) is 10.2 Å². The molecule has 1 N–H and O–H groups in total. The average molecular weight is 196 g/mol. The molecule has 1 heterocycles. The minimum Gasteiger partial charge on any atom is -0.339 e. The largest absolute Gasteiger partial charge is 0.339 e. The Morgan fingerprint density at radius 1 is 1.36 bits per heavy atom. The highest BCUT2D eigenvalue weighted by Gasteiger charge is 2.33. The van der Waals surface area contributed by atoms with Crippen molar-refractivity contribution < 1.29 is 4.79 Å². The van der Waals surface area contributed by atoms with Crippen LogP contribution in [0, 0.1) is 5.92 Å². The molecule has 0 aromatic heterocycles. The van der Waals surface area contributed by atoms with E-state index in [0.29, 0.717) is 11.9 Å². The van der Waals surface area contributed by atoms with Crippen molar-refractivity contribution in [3.8, 4) is 0 Å². The Bertz CT molecular complexity index is 209. The Labute approximate surface area is 85.8 Å². The fourth-order valence-electron chi connectivity index (χ4n) is 2.67. The van der Waals surface area contributed by atoms with Crippen LogP contribution in [0.5, 0.6) is 0 Å². The molecule has 2 fully saturated rings. The predicted octanol–water partition coefficient (Wildman–Crippen LogP) is 0.997. The second kappa shape index (κ2) is 4.30. The lowest BCUT2D eigenvalue weighted by molar-refractivity contribution is -0.144. The van der Waals surface area contributed by atoms with Gasteiger partial charge in [0.25, 0.3) is 0 Å². The summed E-state index contributed by atoms with van der Waals surface area (Å²) in [5.74, 6) is 1.22. The van der Waals surface area contributed by atoms with Crippen molar-refractivity contribution in [3.63, 3.8) is 0 Å². The molecule has 0 atom stereocenters. The molecule has 3 nitrogen and oxygen atoms in total. The maximum Gasteiger partial charge on any atom is 0.224 e. The van der Waals surface area contributed by atoms with Crippen LogP contribution in [0.1, 0.15) is 32.1 Å². The van der Waals surface area contributed by atoms with E-state index < -0.39 is 0 Å². The van der Waals surface area contributed by atoms with Gasteiger partial charge in [0, 0.05) is 19.0 Å². The molecular formula is C11H20N2O. The molecular weight excluding hydrogens is 176 g/mol. The van der Waals surface area contributed by atoms with Gasteiger partial charge in [-0.15, -0.1) is 0 Å². The summed E-state index contributed by atoms with van der Waals surface area (Å²) in [6.07, 6.45) is 5.80. The van der Waals surface area contributed by atoms with Gasteiger partial charge in [-0.05, 0) is 45.2 Å². The third kappa shape index (κ3) is 1.92. The van der Waals surface area contributed by atoms with E-state index in [1.54, 1.807) is 0 Å². The van der Waals surface area contributed by atoms with E-state index in [4.69, 9.17) is 0 Å². The van der Waals surface area contributed by atoms with Gasteiger partial charge in [-0.1, -0.05) is 0 Å². The second-order valence-corrected chi connectivity index (χ2v) is 4.57. The first-order chi connectivity index (χ1) is 6.81. The Morgan fingerprint density at radius 3 is 2.50 bits per heavy atom.